The number of hydrogen-bond donors (Lipinski definition) is 1. The van der Waals surface area contributed by atoms with Gasteiger partial charge in [-0.3, -0.25) is 4.79 Å². The maximum absolute atomic E-state index is 12.5. The molecule has 0 saturated heterocycles. The number of aromatic hydroxyl groups is 1. The first-order valence-corrected chi connectivity index (χ1v) is 9.87. The molecule has 1 atom stereocenters. The molecule has 3 aliphatic carbocycles. The molecular formula is C22H28O3. The second-order valence-electron chi connectivity index (χ2n) is 8.30. The molecule has 134 valence electrons. The summed E-state index contributed by atoms with van der Waals surface area (Å²) in [6.45, 7) is 2.26. The van der Waals surface area contributed by atoms with Crippen LogP contribution in [0.3, 0.4) is 0 Å². The van der Waals surface area contributed by atoms with Crippen LogP contribution in [-0.2, 0) is 0 Å². The van der Waals surface area contributed by atoms with E-state index in [9.17, 15) is 9.90 Å². The number of rotatable bonds is 5. The van der Waals surface area contributed by atoms with Crippen LogP contribution in [0, 0.1) is 11.3 Å². The largest absolute Gasteiger partial charge is 0.508 e. The van der Waals surface area contributed by atoms with Gasteiger partial charge in [-0.25, -0.2) is 0 Å². The van der Waals surface area contributed by atoms with E-state index in [1.165, 1.54) is 63.9 Å². The van der Waals surface area contributed by atoms with Crippen molar-refractivity contribution in [1.82, 2.24) is 0 Å². The highest BCUT2D eigenvalue weighted by molar-refractivity contribution is 5.78. The second kappa shape index (κ2) is 6.51. The van der Waals surface area contributed by atoms with Crippen molar-refractivity contribution in [2.24, 2.45) is 11.3 Å². The lowest BCUT2D eigenvalue weighted by molar-refractivity contribution is 0.0270. The highest BCUT2D eigenvalue weighted by Gasteiger charge is 2.46. The third kappa shape index (κ3) is 3.09. The van der Waals surface area contributed by atoms with Gasteiger partial charge in [0.1, 0.15) is 17.1 Å². The Hall–Kier alpha value is -1.77. The summed E-state index contributed by atoms with van der Waals surface area (Å²) >= 11 is 0. The van der Waals surface area contributed by atoms with Gasteiger partial charge in [0.2, 0.25) is 0 Å². The average Bonchev–Trinajstić information content (AvgIpc) is 2.63. The predicted octanol–water partition coefficient (Wildman–Crippen LogP) is 5.74. The standard InChI is InChI=1S/C22H28O3/c1-2-3-4-9-22-10-7-15(8-11-22)18(14-22)21-13-19(24)17-12-16(23)5-6-20(17)25-21/h5-6,12-13,15,18,23H,2-4,7-11,14H2,1H3. The molecule has 3 fully saturated rings. The number of hydrogen-bond acceptors (Lipinski definition) is 3. The zero-order chi connectivity index (χ0) is 17.4. The lowest BCUT2D eigenvalue weighted by Gasteiger charge is -2.51. The van der Waals surface area contributed by atoms with Crippen LogP contribution in [-0.4, -0.2) is 5.11 Å². The molecule has 1 unspecified atom stereocenters. The van der Waals surface area contributed by atoms with E-state index in [4.69, 9.17) is 4.42 Å². The van der Waals surface area contributed by atoms with Crippen molar-refractivity contribution in [2.45, 2.75) is 70.6 Å². The molecule has 2 bridgehead atoms. The van der Waals surface area contributed by atoms with E-state index in [2.05, 4.69) is 6.92 Å². The quantitative estimate of drug-likeness (QED) is 0.706. The van der Waals surface area contributed by atoms with E-state index in [1.54, 1.807) is 18.2 Å². The number of benzene rings is 1. The molecule has 2 aromatic rings. The Bertz CT molecular complexity index is 812. The summed E-state index contributed by atoms with van der Waals surface area (Å²) in [5.74, 6) is 2.02. The molecule has 0 spiro atoms. The fourth-order valence-corrected chi connectivity index (χ4v) is 5.27. The van der Waals surface area contributed by atoms with Crippen molar-refractivity contribution in [2.75, 3.05) is 0 Å². The SMILES string of the molecule is CCCCCC12CCC(CC1)C(c1cc(=O)c3cc(O)ccc3o1)C2. The first-order valence-electron chi connectivity index (χ1n) is 9.87. The molecule has 3 aliphatic rings. The molecular weight excluding hydrogens is 312 g/mol. The average molecular weight is 340 g/mol. The lowest BCUT2D eigenvalue weighted by Crippen LogP contribution is -2.39. The monoisotopic (exact) mass is 340 g/mol. The normalized spacial score (nSPS) is 28.5. The smallest absolute Gasteiger partial charge is 0.193 e. The first kappa shape index (κ1) is 16.7. The molecule has 0 amide bonds. The Kier molecular flexibility index (Phi) is 4.35. The summed E-state index contributed by atoms with van der Waals surface area (Å²) in [4.78, 5) is 12.5. The van der Waals surface area contributed by atoms with Gasteiger partial charge in [-0.15, -0.1) is 0 Å². The van der Waals surface area contributed by atoms with E-state index in [1.807, 2.05) is 0 Å². The van der Waals surface area contributed by atoms with Crippen molar-refractivity contribution in [3.63, 3.8) is 0 Å². The third-order valence-electron chi connectivity index (χ3n) is 6.72. The molecule has 25 heavy (non-hydrogen) atoms. The maximum Gasteiger partial charge on any atom is 0.193 e. The van der Waals surface area contributed by atoms with Crippen molar-refractivity contribution in [3.8, 4) is 5.75 Å². The highest BCUT2D eigenvalue weighted by Crippen LogP contribution is 2.58. The van der Waals surface area contributed by atoms with Crippen LogP contribution in [0.1, 0.15) is 76.4 Å². The van der Waals surface area contributed by atoms with Crippen molar-refractivity contribution >= 4 is 11.0 Å². The first-order chi connectivity index (χ1) is 12.1. The Morgan fingerprint density at radius 2 is 2.00 bits per heavy atom. The Morgan fingerprint density at radius 1 is 1.20 bits per heavy atom. The molecule has 0 radical (unpaired) electrons. The van der Waals surface area contributed by atoms with Crippen LogP contribution in [0.15, 0.2) is 33.5 Å². The molecule has 1 N–H and O–H groups in total. The maximum atomic E-state index is 12.5. The lowest BCUT2D eigenvalue weighted by atomic mass is 9.54. The van der Waals surface area contributed by atoms with E-state index in [0.29, 0.717) is 28.2 Å². The van der Waals surface area contributed by atoms with Crippen LogP contribution < -0.4 is 5.43 Å². The molecule has 3 heteroatoms. The number of phenolic OH excluding ortho intramolecular Hbond substituents is 1. The summed E-state index contributed by atoms with van der Waals surface area (Å²) in [7, 11) is 0. The van der Waals surface area contributed by atoms with Gasteiger partial charge in [0.05, 0.1) is 5.39 Å². The van der Waals surface area contributed by atoms with Gasteiger partial charge < -0.3 is 9.52 Å². The molecule has 5 rings (SSSR count). The number of fused-ring (bicyclic) bond motifs is 4. The molecule has 3 saturated carbocycles. The fourth-order valence-electron chi connectivity index (χ4n) is 5.27. The van der Waals surface area contributed by atoms with Crippen molar-refractivity contribution in [1.29, 1.82) is 0 Å². The Balaban J connectivity index is 1.64. The van der Waals surface area contributed by atoms with Crippen LogP contribution in [0.5, 0.6) is 5.75 Å². The van der Waals surface area contributed by atoms with Crippen LogP contribution in [0.25, 0.3) is 11.0 Å². The van der Waals surface area contributed by atoms with Crippen molar-refractivity contribution < 1.29 is 9.52 Å². The van der Waals surface area contributed by atoms with E-state index < -0.39 is 0 Å². The van der Waals surface area contributed by atoms with Gasteiger partial charge >= 0.3 is 0 Å². The molecule has 1 aromatic heterocycles. The highest BCUT2D eigenvalue weighted by atomic mass is 16.3. The van der Waals surface area contributed by atoms with Gasteiger partial charge in [0.15, 0.2) is 5.43 Å². The van der Waals surface area contributed by atoms with Crippen LogP contribution >= 0.6 is 0 Å². The number of phenols is 1. The summed E-state index contributed by atoms with van der Waals surface area (Å²) < 4.78 is 6.15. The topological polar surface area (TPSA) is 50.4 Å². The van der Waals surface area contributed by atoms with Gasteiger partial charge in [0.25, 0.3) is 0 Å². The van der Waals surface area contributed by atoms with Gasteiger partial charge in [-0.2, -0.15) is 0 Å². The molecule has 1 heterocycles. The molecule has 1 aromatic carbocycles. The fraction of sp³-hybridized carbons (Fsp3) is 0.591. The van der Waals surface area contributed by atoms with Crippen LogP contribution in [0.2, 0.25) is 0 Å². The summed E-state index contributed by atoms with van der Waals surface area (Å²) in [5, 5.41) is 10.1. The molecule has 3 nitrogen and oxygen atoms in total. The zero-order valence-corrected chi connectivity index (χ0v) is 15.1. The minimum atomic E-state index is -0.0337. The van der Waals surface area contributed by atoms with Gasteiger partial charge in [0, 0.05) is 12.0 Å². The zero-order valence-electron chi connectivity index (χ0n) is 15.1. The van der Waals surface area contributed by atoms with E-state index in [0.717, 1.165) is 5.76 Å². The Labute approximate surface area is 149 Å². The third-order valence-corrected chi connectivity index (χ3v) is 6.72. The predicted molar refractivity (Wildman–Crippen MR) is 100 cm³/mol. The van der Waals surface area contributed by atoms with Gasteiger partial charge in [-0.05, 0) is 68.1 Å². The number of unbranched alkanes of at least 4 members (excludes halogenated alkanes) is 2. The summed E-state index contributed by atoms with van der Waals surface area (Å²) in [6, 6.07) is 6.50. The minimum Gasteiger partial charge on any atom is -0.508 e. The molecule has 0 aliphatic heterocycles. The Morgan fingerprint density at radius 3 is 2.76 bits per heavy atom. The van der Waals surface area contributed by atoms with Gasteiger partial charge in [-0.1, -0.05) is 26.2 Å². The second-order valence-corrected chi connectivity index (χ2v) is 8.30. The van der Waals surface area contributed by atoms with E-state index in [-0.39, 0.29) is 11.2 Å². The summed E-state index contributed by atoms with van der Waals surface area (Å²) in [6.07, 6.45) is 11.7. The van der Waals surface area contributed by atoms with E-state index >= 15 is 0 Å². The van der Waals surface area contributed by atoms with Crippen LogP contribution in [0.4, 0.5) is 0 Å². The summed E-state index contributed by atoms with van der Waals surface area (Å²) in [5.41, 5.74) is 1.03. The van der Waals surface area contributed by atoms with Crippen molar-refractivity contribution in [3.05, 3.63) is 40.2 Å². The minimum absolute atomic E-state index is 0.0337.